The first-order valence-corrected chi connectivity index (χ1v) is 9.58. The second-order valence-electron chi connectivity index (χ2n) is 6.78. The predicted octanol–water partition coefficient (Wildman–Crippen LogP) is 4.98. The molecule has 2 heterocycles. The third-order valence-corrected chi connectivity index (χ3v) is 5.60. The molecule has 0 aliphatic carbocycles. The minimum absolute atomic E-state index is 0.0344. The molecule has 144 valence electrons. The lowest BCUT2D eigenvalue weighted by Crippen LogP contribution is -2.28. The Hall–Kier alpha value is -2.44. The highest BCUT2D eigenvalue weighted by Crippen LogP contribution is 2.31. The van der Waals surface area contributed by atoms with Gasteiger partial charge >= 0.3 is 0 Å². The normalized spacial score (nSPS) is 16.6. The summed E-state index contributed by atoms with van der Waals surface area (Å²) < 4.78 is 13.8. The number of nitrogens with one attached hydrogen (secondary N) is 1. The van der Waals surface area contributed by atoms with Crippen LogP contribution in [0.5, 0.6) is 0 Å². The fourth-order valence-electron chi connectivity index (χ4n) is 3.45. The summed E-state index contributed by atoms with van der Waals surface area (Å²) in [5, 5.41) is 4.21. The van der Waals surface area contributed by atoms with E-state index in [-0.39, 0.29) is 17.8 Å². The van der Waals surface area contributed by atoms with Crippen molar-refractivity contribution in [2.75, 3.05) is 11.9 Å². The van der Waals surface area contributed by atoms with Crippen molar-refractivity contribution in [3.05, 3.63) is 63.5 Å². The van der Waals surface area contributed by atoms with E-state index in [0.717, 1.165) is 11.1 Å². The summed E-state index contributed by atoms with van der Waals surface area (Å²) >= 11 is 12.1. The van der Waals surface area contributed by atoms with Crippen molar-refractivity contribution >= 4 is 46.0 Å². The summed E-state index contributed by atoms with van der Waals surface area (Å²) in [4.78, 5) is 22.6. The van der Waals surface area contributed by atoms with Crippen molar-refractivity contribution in [2.45, 2.75) is 25.9 Å². The number of carbonyl (C=O) groups is 1. The van der Waals surface area contributed by atoms with Crippen LogP contribution >= 0.6 is 23.2 Å². The molecule has 1 aliphatic heterocycles. The Kier molecular flexibility index (Phi) is 5.08. The molecule has 1 amide bonds. The SMILES string of the molecule is CC(=O)N1CCC(Nc2cnc3cc(Cl)c(Cl)cc3n2)c2ccc(F)cc2C1. The van der Waals surface area contributed by atoms with Gasteiger partial charge in [-0.15, -0.1) is 0 Å². The summed E-state index contributed by atoms with van der Waals surface area (Å²) in [6.07, 6.45) is 2.29. The molecule has 0 radical (unpaired) electrons. The Bertz CT molecular complexity index is 1080. The maximum absolute atomic E-state index is 13.8. The topological polar surface area (TPSA) is 58.1 Å². The second-order valence-corrected chi connectivity index (χ2v) is 7.59. The maximum atomic E-state index is 13.8. The molecule has 0 fully saturated rings. The Balaban J connectivity index is 1.68. The molecule has 1 N–H and O–H groups in total. The van der Waals surface area contributed by atoms with Gasteiger partial charge in [-0.05, 0) is 41.8 Å². The van der Waals surface area contributed by atoms with Crippen molar-refractivity contribution in [3.8, 4) is 0 Å². The molecule has 1 atom stereocenters. The summed E-state index contributed by atoms with van der Waals surface area (Å²) in [6, 6.07) is 7.89. The van der Waals surface area contributed by atoms with Crippen molar-refractivity contribution in [3.63, 3.8) is 0 Å². The van der Waals surface area contributed by atoms with Gasteiger partial charge in [-0.1, -0.05) is 29.3 Å². The molecule has 0 saturated carbocycles. The van der Waals surface area contributed by atoms with Crippen LogP contribution < -0.4 is 5.32 Å². The van der Waals surface area contributed by atoms with E-state index >= 15 is 0 Å². The van der Waals surface area contributed by atoms with Gasteiger partial charge in [0.05, 0.1) is 33.3 Å². The van der Waals surface area contributed by atoms with Gasteiger partial charge in [0.2, 0.25) is 5.91 Å². The highest BCUT2D eigenvalue weighted by Gasteiger charge is 2.24. The Morgan fingerprint density at radius 1 is 1.21 bits per heavy atom. The Morgan fingerprint density at radius 2 is 1.96 bits per heavy atom. The highest BCUT2D eigenvalue weighted by molar-refractivity contribution is 6.42. The molecule has 0 saturated heterocycles. The average Bonchev–Trinajstić information content (AvgIpc) is 2.82. The van der Waals surface area contributed by atoms with Crippen LogP contribution in [0.2, 0.25) is 10.0 Å². The first-order valence-electron chi connectivity index (χ1n) is 8.83. The number of aromatic nitrogens is 2. The van der Waals surface area contributed by atoms with Crippen LogP contribution in [0.25, 0.3) is 11.0 Å². The van der Waals surface area contributed by atoms with Crippen molar-refractivity contribution in [1.82, 2.24) is 14.9 Å². The van der Waals surface area contributed by atoms with E-state index in [4.69, 9.17) is 23.2 Å². The van der Waals surface area contributed by atoms with Crippen molar-refractivity contribution < 1.29 is 9.18 Å². The lowest BCUT2D eigenvalue weighted by Gasteiger charge is -2.20. The first-order chi connectivity index (χ1) is 13.4. The molecule has 1 unspecified atom stereocenters. The summed E-state index contributed by atoms with van der Waals surface area (Å²) in [6.45, 7) is 2.47. The van der Waals surface area contributed by atoms with Gasteiger partial charge in [-0.25, -0.2) is 9.37 Å². The number of anilines is 1. The van der Waals surface area contributed by atoms with Gasteiger partial charge in [0, 0.05) is 20.0 Å². The van der Waals surface area contributed by atoms with Gasteiger partial charge in [-0.3, -0.25) is 9.78 Å². The van der Waals surface area contributed by atoms with Crippen LogP contribution in [0.4, 0.5) is 10.2 Å². The van der Waals surface area contributed by atoms with Crippen molar-refractivity contribution in [1.29, 1.82) is 0 Å². The number of carbonyl (C=O) groups excluding carboxylic acids is 1. The van der Waals surface area contributed by atoms with E-state index < -0.39 is 0 Å². The predicted molar refractivity (Wildman–Crippen MR) is 108 cm³/mol. The Morgan fingerprint density at radius 3 is 2.71 bits per heavy atom. The zero-order valence-corrected chi connectivity index (χ0v) is 16.6. The highest BCUT2D eigenvalue weighted by atomic mass is 35.5. The molecule has 28 heavy (non-hydrogen) atoms. The van der Waals surface area contributed by atoms with Crippen LogP contribution in [0.15, 0.2) is 36.5 Å². The molecule has 0 bridgehead atoms. The minimum Gasteiger partial charge on any atom is -0.362 e. The lowest BCUT2D eigenvalue weighted by molar-refractivity contribution is -0.129. The van der Waals surface area contributed by atoms with Gasteiger partial charge in [0.25, 0.3) is 0 Å². The molecule has 5 nitrogen and oxygen atoms in total. The molecular weight excluding hydrogens is 402 g/mol. The molecule has 3 aromatic rings. The van der Waals surface area contributed by atoms with E-state index in [1.54, 1.807) is 29.3 Å². The minimum atomic E-state index is -0.320. The smallest absolute Gasteiger partial charge is 0.219 e. The molecule has 0 spiro atoms. The zero-order valence-electron chi connectivity index (χ0n) is 15.0. The van der Waals surface area contributed by atoms with E-state index in [1.165, 1.54) is 19.1 Å². The van der Waals surface area contributed by atoms with Gasteiger partial charge < -0.3 is 10.2 Å². The van der Waals surface area contributed by atoms with E-state index in [1.807, 2.05) is 0 Å². The first kappa shape index (κ1) is 18.9. The van der Waals surface area contributed by atoms with E-state index in [9.17, 15) is 9.18 Å². The lowest BCUT2D eigenvalue weighted by atomic mass is 9.99. The van der Waals surface area contributed by atoms with Crippen LogP contribution in [0.3, 0.4) is 0 Å². The fourth-order valence-corrected chi connectivity index (χ4v) is 3.77. The molecular formula is C20H17Cl2FN4O. The fraction of sp³-hybridized carbons (Fsp3) is 0.250. The third kappa shape index (κ3) is 3.75. The summed E-state index contributed by atoms with van der Waals surface area (Å²) in [7, 11) is 0. The number of fused-ring (bicyclic) bond motifs is 2. The number of benzene rings is 2. The van der Waals surface area contributed by atoms with E-state index in [2.05, 4.69) is 15.3 Å². The number of amides is 1. The van der Waals surface area contributed by atoms with Crippen LogP contribution in [-0.2, 0) is 11.3 Å². The van der Waals surface area contributed by atoms with E-state index in [0.29, 0.717) is 46.4 Å². The molecule has 4 rings (SSSR count). The molecule has 8 heteroatoms. The number of nitrogens with zero attached hydrogens (tertiary/aromatic N) is 3. The molecule has 1 aliphatic rings. The van der Waals surface area contributed by atoms with Gasteiger partial charge in [0.1, 0.15) is 11.6 Å². The van der Waals surface area contributed by atoms with Crippen LogP contribution in [0.1, 0.15) is 30.5 Å². The zero-order chi connectivity index (χ0) is 19.8. The maximum Gasteiger partial charge on any atom is 0.219 e. The summed E-state index contributed by atoms with van der Waals surface area (Å²) in [5.41, 5.74) is 3.00. The summed E-state index contributed by atoms with van der Waals surface area (Å²) in [5.74, 6) is 0.218. The molecule has 2 aromatic carbocycles. The standard InChI is InChI=1S/C20H17Cl2FN4O/c1-11(28)27-5-4-17(14-3-2-13(23)6-12(14)10-27)25-20-9-24-18-7-15(21)16(22)8-19(18)26-20/h2-3,6-9,17H,4-5,10H2,1H3,(H,25,26). The number of hydrogen-bond acceptors (Lipinski definition) is 4. The van der Waals surface area contributed by atoms with Gasteiger partial charge in [0.15, 0.2) is 0 Å². The largest absolute Gasteiger partial charge is 0.362 e. The quantitative estimate of drug-likeness (QED) is 0.637. The van der Waals surface area contributed by atoms with Crippen LogP contribution in [0, 0.1) is 5.82 Å². The number of rotatable bonds is 2. The molecule has 1 aromatic heterocycles. The average molecular weight is 419 g/mol. The van der Waals surface area contributed by atoms with Gasteiger partial charge in [-0.2, -0.15) is 0 Å². The third-order valence-electron chi connectivity index (χ3n) is 4.88. The van der Waals surface area contributed by atoms with Crippen LogP contribution in [-0.4, -0.2) is 27.3 Å². The number of hydrogen-bond donors (Lipinski definition) is 1. The van der Waals surface area contributed by atoms with Crippen molar-refractivity contribution in [2.24, 2.45) is 0 Å². The monoisotopic (exact) mass is 418 g/mol. The Labute approximate surface area is 171 Å². The second kappa shape index (κ2) is 7.53. The number of halogens is 3.